The summed E-state index contributed by atoms with van der Waals surface area (Å²) in [5.74, 6) is 0. The summed E-state index contributed by atoms with van der Waals surface area (Å²) in [6.07, 6.45) is 6.94. The highest BCUT2D eigenvalue weighted by molar-refractivity contribution is 5.20. The second kappa shape index (κ2) is 6.12. The molecule has 1 aliphatic heterocycles. The maximum absolute atomic E-state index is 6.63. The number of ether oxygens (including phenoxy) is 1. The minimum atomic E-state index is 0.0262. The van der Waals surface area contributed by atoms with Crippen LogP contribution in [0.15, 0.2) is 30.3 Å². The van der Waals surface area contributed by atoms with E-state index in [0.29, 0.717) is 5.41 Å². The van der Waals surface area contributed by atoms with Crippen molar-refractivity contribution in [1.82, 2.24) is 0 Å². The standard InChI is InChI=1S/C20H32O/c1-6-19(7-2)18(5,21-20(19,8-3)9-4)16-15-17-13-11-10-12-14-17/h10-14H,6-9,15-16H2,1-5H3. The highest BCUT2D eigenvalue weighted by Crippen LogP contribution is 2.65. The van der Waals surface area contributed by atoms with Crippen LogP contribution in [-0.2, 0) is 11.2 Å². The van der Waals surface area contributed by atoms with Crippen LogP contribution in [0.3, 0.4) is 0 Å². The molecule has 1 atom stereocenters. The van der Waals surface area contributed by atoms with Crippen molar-refractivity contribution in [3.8, 4) is 0 Å². The number of rotatable bonds is 7. The van der Waals surface area contributed by atoms with Crippen molar-refractivity contribution >= 4 is 0 Å². The fraction of sp³-hybridized carbons (Fsp3) is 0.700. The van der Waals surface area contributed by atoms with Crippen LogP contribution in [0.5, 0.6) is 0 Å². The van der Waals surface area contributed by atoms with Crippen LogP contribution in [0.1, 0.15) is 72.3 Å². The maximum Gasteiger partial charge on any atom is 0.0768 e. The summed E-state index contributed by atoms with van der Waals surface area (Å²) in [5.41, 5.74) is 1.88. The van der Waals surface area contributed by atoms with Gasteiger partial charge < -0.3 is 4.74 Å². The van der Waals surface area contributed by atoms with Gasteiger partial charge in [0.15, 0.2) is 0 Å². The molecule has 0 spiro atoms. The lowest BCUT2D eigenvalue weighted by Crippen LogP contribution is -2.74. The lowest BCUT2D eigenvalue weighted by molar-refractivity contribution is -0.382. The van der Waals surface area contributed by atoms with Gasteiger partial charge in [-0.1, -0.05) is 58.0 Å². The van der Waals surface area contributed by atoms with E-state index in [2.05, 4.69) is 65.0 Å². The predicted octanol–water partition coefficient (Wildman–Crippen LogP) is 5.77. The second-order valence-electron chi connectivity index (χ2n) is 6.81. The van der Waals surface area contributed by atoms with Gasteiger partial charge in [-0.25, -0.2) is 0 Å². The van der Waals surface area contributed by atoms with E-state index in [1.165, 1.54) is 18.4 Å². The van der Waals surface area contributed by atoms with E-state index in [1.54, 1.807) is 0 Å². The Morgan fingerprint density at radius 2 is 1.43 bits per heavy atom. The summed E-state index contributed by atoms with van der Waals surface area (Å²) in [6.45, 7) is 11.6. The van der Waals surface area contributed by atoms with Crippen LogP contribution >= 0.6 is 0 Å². The van der Waals surface area contributed by atoms with Crippen LogP contribution < -0.4 is 0 Å². The van der Waals surface area contributed by atoms with Crippen LogP contribution in [-0.4, -0.2) is 11.2 Å². The van der Waals surface area contributed by atoms with Crippen molar-refractivity contribution in [3.63, 3.8) is 0 Å². The highest BCUT2D eigenvalue weighted by Gasteiger charge is 2.68. The average Bonchev–Trinajstić information content (AvgIpc) is 2.53. The summed E-state index contributed by atoms with van der Waals surface area (Å²) in [4.78, 5) is 0. The minimum Gasteiger partial charge on any atom is -0.367 e. The molecule has 0 aliphatic carbocycles. The largest absolute Gasteiger partial charge is 0.367 e. The first-order valence-corrected chi connectivity index (χ1v) is 8.77. The van der Waals surface area contributed by atoms with E-state index in [4.69, 9.17) is 4.74 Å². The SMILES string of the molecule is CCC1(CC)OC(C)(CCc2ccccc2)C1(CC)CC. The van der Waals surface area contributed by atoms with Gasteiger partial charge in [-0.2, -0.15) is 0 Å². The molecule has 0 saturated carbocycles. The summed E-state index contributed by atoms with van der Waals surface area (Å²) >= 11 is 0. The van der Waals surface area contributed by atoms with E-state index in [-0.39, 0.29) is 11.2 Å². The van der Waals surface area contributed by atoms with Crippen LogP contribution in [0, 0.1) is 5.41 Å². The van der Waals surface area contributed by atoms with Crippen LogP contribution in [0.25, 0.3) is 0 Å². The molecule has 21 heavy (non-hydrogen) atoms. The molecular weight excluding hydrogens is 256 g/mol. The Balaban J connectivity index is 2.18. The molecule has 1 fully saturated rings. The van der Waals surface area contributed by atoms with Gasteiger partial charge in [0.05, 0.1) is 11.2 Å². The molecule has 1 aromatic carbocycles. The van der Waals surface area contributed by atoms with Crippen molar-refractivity contribution in [1.29, 1.82) is 0 Å². The van der Waals surface area contributed by atoms with Crippen molar-refractivity contribution in [2.45, 2.75) is 84.3 Å². The maximum atomic E-state index is 6.63. The lowest BCUT2D eigenvalue weighted by Gasteiger charge is -2.70. The molecule has 1 heteroatoms. The van der Waals surface area contributed by atoms with Gasteiger partial charge in [0.2, 0.25) is 0 Å². The Kier molecular flexibility index (Phi) is 4.82. The lowest BCUT2D eigenvalue weighted by atomic mass is 9.50. The molecule has 1 nitrogen and oxygen atoms in total. The Hall–Kier alpha value is -0.820. The zero-order valence-electron chi connectivity index (χ0n) is 14.5. The zero-order valence-corrected chi connectivity index (χ0v) is 14.5. The van der Waals surface area contributed by atoms with E-state index in [1.807, 2.05) is 0 Å². The van der Waals surface area contributed by atoms with Crippen molar-refractivity contribution in [3.05, 3.63) is 35.9 Å². The molecule has 0 amide bonds. The molecule has 1 aliphatic rings. The zero-order chi connectivity index (χ0) is 15.6. The smallest absolute Gasteiger partial charge is 0.0768 e. The van der Waals surface area contributed by atoms with E-state index >= 15 is 0 Å². The van der Waals surface area contributed by atoms with Gasteiger partial charge in [0.25, 0.3) is 0 Å². The summed E-state index contributed by atoms with van der Waals surface area (Å²) in [5, 5.41) is 0. The van der Waals surface area contributed by atoms with Gasteiger partial charge in [0, 0.05) is 5.41 Å². The molecule has 118 valence electrons. The van der Waals surface area contributed by atoms with Gasteiger partial charge in [-0.15, -0.1) is 0 Å². The first-order valence-electron chi connectivity index (χ1n) is 8.77. The Bertz CT molecular complexity index is 442. The number of aryl methyl sites for hydroxylation is 1. The van der Waals surface area contributed by atoms with E-state index < -0.39 is 0 Å². The summed E-state index contributed by atoms with van der Waals surface area (Å²) in [7, 11) is 0. The Morgan fingerprint density at radius 1 is 0.857 bits per heavy atom. The number of hydrogen-bond acceptors (Lipinski definition) is 1. The van der Waals surface area contributed by atoms with Crippen molar-refractivity contribution in [2.24, 2.45) is 5.41 Å². The van der Waals surface area contributed by atoms with Gasteiger partial charge in [0.1, 0.15) is 0 Å². The average molecular weight is 288 g/mol. The molecule has 1 saturated heterocycles. The normalized spacial score (nSPS) is 26.3. The first-order chi connectivity index (χ1) is 10.0. The third-order valence-electron chi connectivity index (χ3n) is 6.39. The topological polar surface area (TPSA) is 9.23 Å². The first kappa shape index (κ1) is 16.5. The number of benzene rings is 1. The molecule has 1 unspecified atom stereocenters. The van der Waals surface area contributed by atoms with Gasteiger partial charge in [-0.3, -0.25) is 0 Å². The van der Waals surface area contributed by atoms with Gasteiger partial charge >= 0.3 is 0 Å². The fourth-order valence-electron chi connectivity index (χ4n) is 5.09. The predicted molar refractivity (Wildman–Crippen MR) is 90.6 cm³/mol. The second-order valence-corrected chi connectivity index (χ2v) is 6.81. The molecular formula is C20H32O. The molecule has 0 radical (unpaired) electrons. The van der Waals surface area contributed by atoms with Crippen molar-refractivity contribution < 1.29 is 4.74 Å². The number of hydrogen-bond donors (Lipinski definition) is 0. The summed E-state index contributed by atoms with van der Waals surface area (Å²) in [6, 6.07) is 10.8. The molecule has 1 heterocycles. The van der Waals surface area contributed by atoms with E-state index in [9.17, 15) is 0 Å². The van der Waals surface area contributed by atoms with Crippen LogP contribution in [0.2, 0.25) is 0 Å². The van der Waals surface area contributed by atoms with Crippen LogP contribution in [0.4, 0.5) is 0 Å². The molecule has 1 aromatic rings. The van der Waals surface area contributed by atoms with E-state index in [0.717, 1.165) is 25.7 Å². The molecule has 0 bridgehead atoms. The fourth-order valence-corrected chi connectivity index (χ4v) is 5.09. The summed E-state index contributed by atoms with van der Waals surface area (Å²) < 4.78 is 6.63. The minimum absolute atomic E-state index is 0.0262. The monoisotopic (exact) mass is 288 g/mol. The molecule has 0 aromatic heterocycles. The third-order valence-corrected chi connectivity index (χ3v) is 6.39. The molecule has 2 rings (SSSR count). The Labute approximate surface area is 131 Å². The quantitative estimate of drug-likeness (QED) is 0.618. The van der Waals surface area contributed by atoms with Gasteiger partial charge in [-0.05, 0) is 51.0 Å². The Morgan fingerprint density at radius 3 is 1.90 bits per heavy atom. The van der Waals surface area contributed by atoms with Crippen molar-refractivity contribution in [2.75, 3.05) is 0 Å². The third kappa shape index (κ3) is 2.34. The molecule has 0 N–H and O–H groups in total. The highest BCUT2D eigenvalue weighted by atomic mass is 16.6.